The van der Waals surface area contributed by atoms with E-state index in [1.165, 1.54) is 6.07 Å². The van der Waals surface area contributed by atoms with Crippen molar-refractivity contribution in [2.75, 3.05) is 25.1 Å². The van der Waals surface area contributed by atoms with Crippen LogP contribution in [0.1, 0.15) is 21.5 Å². The minimum atomic E-state index is -1.000. The Kier molecular flexibility index (Phi) is 5.44. The van der Waals surface area contributed by atoms with Gasteiger partial charge in [0.1, 0.15) is 18.8 Å². The summed E-state index contributed by atoms with van der Waals surface area (Å²) in [5.74, 6) is -1.16. The Hall–Kier alpha value is -3.62. The van der Waals surface area contributed by atoms with E-state index in [0.717, 1.165) is 17.2 Å². The molecular formula is C19H18N2O7. The number of nitrogens with one attached hydrogen (secondary N) is 1. The minimum absolute atomic E-state index is 0.183. The molecule has 9 nitrogen and oxygen atoms in total. The van der Waals surface area contributed by atoms with Gasteiger partial charge in [-0.1, -0.05) is 18.2 Å². The maximum atomic E-state index is 12.3. The summed E-state index contributed by atoms with van der Waals surface area (Å²) < 4.78 is 15.6. The van der Waals surface area contributed by atoms with E-state index in [1.807, 2.05) is 32.0 Å². The van der Waals surface area contributed by atoms with Crippen molar-refractivity contribution in [1.29, 1.82) is 0 Å². The number of esters is 1. The van der Waals surface area contributed by atoms with Crippen molar-refractivity contribution >= 4 is 23.3 Å². The number of nitro benzene ring substituents is 1. The average molecular weight is 386 g/mol. The molecule has 9 heteroatoms. The van der Waals surface area contributed by atoms with Crippen LogP contribution in [0.3, 0.4) is 0 Å². The summed E-state index contributed by atoms with van der Waals surface area (Å²) in [6.45, 7) is 3.61. The van der Waals surface area contributed by atoms with Gasteiger partial charge >= 0.3 is 5.97 Å². The van der Waals surface area contributed by atoms with Crippen LogP contribution >= 0.6 is 0 Å². The molecule has 0 atom stereocenters. The summed E-state index contributed by atoms with van der Waals surface area (Å²) in [4.78, 5) is 35.1. The van der Waals surface area contributed by atoms with Gasteiger partial charge in [0.25, 0.3) is 11.6 Å². The Morgan fingerprint density at radius 2 is 1.75 bits per heavy atom. The van der Waals surface area contributed by atoms with E-state index in [-0.39, 0.29) is 30.3 Å². The van der Waals surface area contributed by atoms with Gasteiger partial charge in [0, 0.05) is 11.8 Å². The van der Waals surface area contributed by atoms with Gasteiger partial charge in [0.15, 0.2) is 18.1 Å². The third kappa shape index (κ3) is 4.03. The van der Waals surface area contributed by atoms with Crippen LogP contribution in [-0.2, 0) is 9.53 Å². The molecule has 28 heavy (non-hydrogen) atoms. The topological polar surface area (TPSA) is 117 Å². The van der Waals surface area contributed by atoms with Crippen molar-refractivity contribution in [3.05, 3.63) is 57.1 Å². The molecule has 0 aromatic heterocycles. The van der Waals surface area contributed by atoms with Crippen LogP contribution in [0.4, 0.5) is 11.4 Å². The van der Waals surface area contributed by atoms with Crippen LogP contribution < -0.4 is 14.8 Å². The standard InChI is InChI=1S/C19H18N2O7/c1-11-4-3-5-12(2)18(11)20-17(22)10-28-19(23)13-8-15-16(27-7-6-26-15)9-14(13)21(24)25/h3-5,8-9H,6-7,10H2,1-2H3,(H,20,22). The molecule has 0 unspecified atom stereocenters. The lowest BCUT2D eigenvalue weighted by atomic mass is 10.1. The lowest BCUT2D eigenvalue weighted by Crippen LogP contribution is -2.22. The van der Waals surface area contributed by atoms with Crippen molar-refractivity contribution in [3.8, 4) is 11.5 Å². The molecule has 1 aliphatic heterocycles. The molecule has 1 amide bonds. The molecule has 0 saturated carbocycles. The summed E-state index contributed by atoms with van der Waals surface area (Å²) >= 11 is 0. The average Bonchev–Trinajstić information content (AvgIpc) is 2.68. The predicted molar refractivity (Wildman–Crippen MR) is 98.9 cm³/mol. The first-order valence-electron chi connectivity index (χ1n) is 8.48. The number of amides is 1. The van der Waals surface area contributed by atoms with Crippen molar-refractivity contribution < 1.29 is 28.7 Å². The van der Waals surface area contributed by atoms with E-state index < -0.39 is 29.1 Å². The molecule has 0 saturated heterocycles. The second-order valence-electron chi connectivity index (χ2n) is 6.16. The van der Waals surface area contributed by atoms with E-state index in [0.29, 0.717) is 5.69 Å². The minimum Gasteiger partial charge on any atom is -0.486 e. The number of fused-ring (bicyclic) bond motifs is 1. The monoisotopic (exact) mass is 386 g/mol. The number of hydrogen-bond donors (Lipinski definition) is 1. The van der Waals surface area contributed by atoms with Crippen molar-refractivity contribution in [1.82, 2.24) is 0 Å². The first-order chi connectivity index (χ1) is 13.4. The van der Waals surface area contributed by atoms with Crippen LogP contribution in [0, 0.1) is 24.0 Å². The quantitative estimate of drug-likeness (QED) is 0.477. The molecule has 0 fully saturated rings. The number of nitrogens with zero attached hydrogens (tertiary/aromatic N) is 1. The van der Waals surface area contributed by atoms with Crippen LogP contribution in [0.2, 0.25) is 0 Å². The number of aryl methyl sites for hydroxylation is 2. The van der Waals surface area contributed by atoms with Gasteiger partial charge in [-0.3, -0.25) is 14.9 Å². The van der Waals surface area contributed by atoms with E-state index in [9.17, 15) is 19.7 Å². The van der Waals surface area contributed by atoms with Crippen molar-refractivity contribution in [2.24, 2.45) is 0 Å². The van der Waals surface area contributed by atoms with Gasteiger partial charge in [0.05, 0.1) is 11.0 Å². The molecule has 2 aromatic carbocycles. The maximum Gasteiger partial charge on any atom is 0.345 e. The molecule has 0 spiro atoms. The number of para-hydroxylation sites is 1. The van der Waals surface area contributed by atoms with Crippen LogP contribution in [0.5, 0.6) is 11.5 Å². The van der Waals surface area contributed by atoms with Gasteiger partial charge in [-0.25, -0.2) is 4.79 Å². The number of ether oxygens (including phenoxy) is 3. The highest BCUT2D eigenvalue weighted by atomic mass is 16.6. The maximum absolute atomic E-state index is 12.3. The molecule has 0 bridgehead atoms. The van der Waals surface area contributed by atoms with Gasteiger partial charge in [-0.15, -0.1) is 0 Å². The molecule has 2 aromatic rings. The Labute approximate surface area is 160 Å². The summed E-state index contributed by atoms with van der Waals surface area (Å²) in [5, 5.41) is 14.0. The van der Waals surface area contributed by atoms with E-state index >= 15 is 0 Å². The van der Waals surface area contributed by atoms with Crippen LogP contribution in [0.25, 0.3) is 0 Å². The normalized spacial score (nSPS) is 12.2. The summed E-state index contributed by atoms with van der Waals surface area (Å²) in [5.41, 5.74) is 1.57. The van der Waals surface area contributed by atoms with Crippen molar-refractivity contribution in [2.45, 2.75) is 13.8 Å². The lowest BCUT2D eigenvalue weighted by molar-refractivity contribution is -0.385. The van der Waals surface area contributed by atoms with Crippen LogP contribution in [-0.4, -0.2) is 36.6 Å². The Morgan fingerprint density at radius 3 is 2.36 bits per heavy atom. The number of rotatable bonds is 5. The predicted octanol–water partition coefficient (Wildman–Crippen LogP) is 2.78. The molecule has 1 aliphatic rings. The van der Waals surface area contributed by atoms with E-state index in [1.54, 1.807) is 0 Å². The molecular weight excluding hydrogens is 368 g/mol. The number of carbonyl (C=O) groups excluding carboxylic acids is 2. The number of hydrogen-bond acceptors (Lipinski definition) is 7. The summed E-state index contributed by atoms with van der Waals surface area (Å²) in [6.07, 6.45) is 0. The highest BCUT2D eigenvalue weighted by Gasteiger charge is 2.27. The van der Waals surface area contributed by atoms with E-state index in [4.69, 9.17) is 14.2 Å². The zero-order valence-electron chi connectivity index (χ0n) is 15.3. The zero-order valence-corrected chi connectivity index (χ0v) is 15.3. The van der Waals surface area contributed by atoms with Gasteiger partial charge in [-0.05, 0) is 25.0 Å². The SMILES string of the molecule is Cc1cccc(C)c1NC(=O)COC(=O)c1cc2c(cc1[N+](=O)[O-])OCCO2. The van der Waals surface area contributed by atoms with Gasteiger partial charge < -0.3 is 19.5 Å². The number of nitro groups is 1. The lowest BCUT2D eigenvalue weighted by Gasteiger charge is -2.18. The first-order valence-corrected chi connectivity index (χ1v) is 8.48. The number of anilines is 1. The molecule has 146 valence electrons. The fourth-order valence-electron chi connectivity index (χ4n) is 2.79. The Morgan fingerprint density at radius 1 is 1.14 bits per heavy atom. The first kappa shape index (κ1) is 19.2. The third-order valence-electron chi connectivity index (χ3n) is 4.16. The second-order valence-corrected chi connectivity index (χ2v) is 6.16. The van der Waals surface area contributed by atoms with Gasteiger partial charge in [0.2, 0.25) is 0 Å². The smallest absolute Gasteiger partial charge is 0.345 e. The molecule has 3 rings (SSSR count). The number of carbonyl (C=O) groups is 2. The fraction of sp³-hybridized carbons (Fsp3) is 0.263. The third-order valence-corrected chi connectivity index (χ3v) is 4.16. The number of benzene rings is 2. The Bertz CT molecular complexity index is 935. The highest BCUT2D eigenvalue weighted by molar-refractivity contribution is 5.98. The highest BCUT2D eigenvalue weighted by Crippen LogP contribution is 2.36. The summed E-state index contributed by atoms with van der Waals surface area (Å²) in [6, 6.07) is 7.85. The summed E-state index contributed by atoms with van der Waals surface area (Å²) in [7, 11) is 0. The van der Waals surface area contributed by atoms with Gasteiger partial charge in [-0.2, -0.15) is 0 Å². The van der Waals surface area contributed by atoms with Crippen molar-refractivity contribution in [3.63, 3.8) is 0 Å². The molecule has 0 radical (unpaired) electrons. The second kappa shape index (κ2) is 7.95. The van der Waals surface area contributed by atoms with E-state index in [2.05, 4.69) is 5.32 Å². The zero-order chi connectivity index (χ0) is 20.3. The largest absolute Gasteiger partial charge is 0.486 e. The fourth-order valence-corrected chi connectivity index (χ4v) is 2.79. The van der Waals surface area contributed by atoms with Crippen LogP contribution in [0.15, 0.2) is 30.3 Å². The Balaban J connectivity index is 1.72. The molecule has 1 heterocycles. The molecule has 0 aliphatic carbocycles. The molecule has 1 N–H and O–H groups in total.